The largest absolute Gasteiger partial charge is 2.00 e. The fourth-order valence-corrected chi connectivity index (χ4v) is 0. The molecule has 7 nitrogen and oxygen atoms in total. The molecule has 0 rings (SSSR count). The average Bonchev–Trinajstić information content (AvgIpc) is 1.19. The summed E-state index contributed by atoms with van der Waals surface area (Å²) < 4.78 is 0. The first-order valence-electron chi connectivity index (χ1n) is 1.49. The minimum Gasteiger partial charge on any atom is -0.828 e. The van der Waals surface area contributed by atoms with E-state index < -0.39 is 15.2 Å². The van der Waals surface area contributed by atoms with Crippen LogP contribution in [0.1, 0.15) is 0 Å². The smallest absolute Gasteiger partial charge is 0.828 e. The van der Waals surface area contributed by atoms with Crippen LogP contribution in [0.5, 0.6) is 0 Å². The van der Waals surface area contributed by atoms with Gasteiger partial charge in [0, 0.05) is 0 Å². The SMILES string of the molecule is O=C([O-])O.[Ca+2].[Na+].[O-][Si]([O-])(O)O. The summed E-state index contributed by atoms with van der Waals surface area (Å²) in [5, 5.41) is 15.3. The van der Waals surface area contributed by atoms with Crippen molar-refractivity contribution in [1.82, 2.24) is 0 Å². The van der Waals surface area contributed by atoms with Gasteiger partial charge in [-0.1, -0.05) is 0 Å². The minimum atomic E-state index is -5.11. The molecule has 0 aromatic heterocycles. The van der Waals surface area contributed by atoms with Gasteiger partial charge in [0.1, 0.15) is 9.05 Å². The Morgan fingerprint density at radius 1 is 1.27 bits per heavy atom. The zero-order chi connectivity index (χ0) is 8.08. The fourth-order valence-electron chi connectivity index (χ4n) is 0. The second kappa shape index (κ2) is 11.6. The Morgan fingerprint density at radius 2 is 1.27 bits per heavy atom. The number of hydrogen-bond donors (Lipinski definition) is 3. The van der Waals surface area contributed by atoms with E-state index in [4.69, 9.17) is 34.2 Å². The monoisotopic (exact) mass is 218 g/mol. The van der Waals surface area contributed by atoms with Crippen LogP contribution in [-0.4, -0.2) is 67.6 Å². The average molecular weight is 218 g/mol. The van der Waals surface area contributed by atoms with Crippen molar-refractivity contribution >= 4 is 52.9 Å². The molecule has 0 spiro atoms. The molecule has 0 aliphatic rings. The molecule has 0 amide bonds. The van der Waals surface area contributed by atoms with E-state index in [-0.39, 0.29) is 67.3 Å². The van der Waals surface area contributed by atoms with Crippen molar-refractivity contribution in [2.45, 2.75) is 0 Å². The van der Waals surface area contributed by atoms with Crippen molar-refractivity contribution in [2.75, 3.05) is 0 Å². The van der Waals surface area contributed by atoms with E-state index in [1.807, 2.05) is 0 Å². The van der Waals surface area contributed by atoms with E-state index >= 15 is 0 Å². The standard InChI is InChI=1S/CH2O3.Ca.Na.H2O4Si/c2-1(3)4;;;1-5(2,3)4/h(H2,2,3,4);;;1-2H/q;+2;+1;-2/p-1. The second-order valence-electron chi connectivity index (χ2n) is 0.814. The van der Waals surface area contributed by atoms with Crippen molar-refractivity contribution in [3.63, 3.8) is 0 Å². The minimum absolute atomic E-state index is 0. The normalized spacial score (nSPS) is 7.64. The van der Waals surface area contributed by atoms with Gasteiger partial charge in [-0.15, -0.1) is 0 Å². The van der Waals surface area contributed by atoms with E-state index in [9.17, 15) is 0 Å². The molecule has 0 saturated heterocycles. The van der Waals surface area contributed by atoms with Crippen LogP contribution in [0.2, 0.25) is 0 Å². The fraction of sp³-hybridized carbons (Fsp3) is 0. The van der Waals surface area contributed by atoms with Crippen LogP contribution in [0.15, 0.2) is 0 Å². The van der Waals surface area contributed by atoms with Gasteiger partial charge in [0.05, 0.1) is 0 Å². The van der Waals surface area contributed by atoms with Gasteiger partial charge in [-0.2, -0.15) is 0 Å². The summed E-state index contributed by atoms with van der Waals surface area (Å²) in [7, 11) is -5.11. The van der Waals surface area contributed by atoms with E-state index in [0.29, 0.717) is 0 Å². The van der Waals surface area contributed by atoms with Crippen LogP contribution in [-0.2, 0) is 0 Å². The molecule has 0 heterocycles. The molecular weight excluding hydrogens is 215 g/mol. The van der Waals surface area contributed by atoms with E-state index in [1.54, 1.807) is 0 Å². The molecule has 10 heteroatoms. The first kappa shape index (κ1) is 22.9. The molecule has 11 heavy (non-hydrogen) atoms. The maximum absolute atomic E-state index is 8.80. The van der Waals surface area contributed by atoms with Gasteiger partial charge >= 0.3 is 67.3 Å². The van der Waals surface area contributed by atoms with Crippen LogP contribution in [0.4, 0.5) is 4.79 Å². The Morgan fingerprint density at radius 3 is 1.27 bits per heavy atom. The Kier molecular flexibility index (Phi) is 24.1. The molecule has 0 atom stereocenters. The van der Waals surface area contributed by atoms with Crippen LogP contribution in [0, 0.1) is 0 Å². The Hall–Kier alpha value is 1.59. The third-order valence-corrected chi connectivity index (χ3v) is 0. The zero-order valence-corrected chi connectivity index (χ0v) is 10.9. The van der Waals surface area contributed by atoms with E-state index in [1.165, 1.54) is 0 Å². The maximum Gasteiger partial charge on any atom is 2.00 e. The van der Waals surface area contributed by atoms with Crippen molar-refractivity contribution in [3.05, 3.63) is 0 Å². The molecule has 0 aliphatic carbocycles. The summed E-state index contributed by atoms with van der Waals surface area (Å²) in [5.74, 6) is 0. The van der Waals surface area contributed by atoms with Crippen molar-refractivity contribution in [2.24, 2.45) is 0 Å². The molecule has 0 unspecified atom stereocenters. The quantitative estimate of drug-likeness (QED) is 0.342. The molecule has 0 saturated carbocycles. The summed E-state index contributed by atoms with van der Waals surface area (Å²) in [6.07, 6.45) is -2.08. The van der Waals surface area contributed by atoms with Gasteiger partial charge < -0.3 is 34.2 Å². The summed E-state index contributed by atoms with van der Waals surface area (Å²) in [6, 6.07) is 0. The summed E-state index contributed by atoms with van der Waals surface area (Å²) in [6.45, 7) is 0. The topological polar surface area (TPSA) is 147 Å². The third kappa shape index (κ3) is 423. The number of rotatable bonds is 0. The predicted octanol–water partition coefficient (Wildman–Crippen LogP) is -8.36. The van der Waals surface area contributed by atoms with Gasteiger partial charge in [-0.3, -0.25) is 0 Å². The first-order chi connectivity index (χ1) is 3.73. The Bertz CT molecular complexity index is 80.9. The molecule has 0 aromatic carbocycles. The molecule has 3 N–H and O–H groups in total. The van der Waals surface area contributed by atoms with Crippen LogP contribution >= 0.6 is 0 Å². The number of carboxylic acid groups (broad SMARTS) is 2. The van der Waals surface area contributed by atoms with E-state index in [0.717, 1.165) is 0 Å². The van der Waals surface area contributed by atoms with Gasteiger partial charge in [0.2, 0.25) is 6.16 Å². The molecule has 0 bridgehead atoms. The molecule has 0 aromatic rings. The Labute approximate surface area is 115 Å². The van der Waals surface area contributed by atoms with Gasteiger partial charge in [0.15, 0.2) is 0 Å². The number of hydrogen-bond acceptors (Lipinski definition) is 6. The van der Waals surface area contributed by atoms with Gasteiger partial charge in [-0.25, -0.2) is 0 Å². The molecule has 0 radical (unpaired) electrons. The van der Waals surface area contributed by atoms with Gasteiger partial charge in [-0.05, 0) is 0 Å². The summed E-state index contributed by atoms with van der Waals surface area (Å²) in [4.78, 5) is 40.2. The summed E-state index contributed by atoms with van der Waals surface area (Å²) in [5.41, 5.74) is 0. The molecule has 56 valence electrons. The zero-order valence-electron chi connectivity index (χ0n) is 5.68. The van der Waals surface area contributed by atoms with Crippen molar-refractivity contribution in [3.8, 4) is 0 Å². The van der Waals surface area contributed by atoms with E-state index in [2.05, 4.69) is 0 Å². The van der Waals surface area contributed by atoms with Crippen molar-refractivity contribution in [1.29, 1.82) is 0 Å². The van der Waals surface area contributed by atoms with Crippen LogP contribution < -0.4 is 44.3 Å². The number of carbonyl (C=O) groups is 1. The predicted molar refractivity (Wildman–Crippen MR) is 24.0 cm³/mol. The van der Waals surface area contributed by atoms with Crippen molar-refractivity contribution < 1.29 is 63.7 Å². The van der Waals surface area contributed by atoms with Crippen LogP contribution in [0.25, 0.3) is 0 Å². The maximum atomic E-state index is 8.80. The first-order valence-corrected chi connectivity index (χ1v) is 3.20. The van der Waals surface area contributed by atoms with Gasteiger partial charge in [0.25, 0.3) is 0 Å². The summed E-state index contributed by atoms with van der Waals surface area (Å²) >= 11 is 0. The molecular formula is CH3CaNaO7Si. The third-order valence-electron chi connectivity index (χ3n) is 0. The second-order valence-corrected chi connectivity index (χ2v) is 1.91. The van der Waals surface area contributed by atoms with Crippen LogP contribution in [0.3, 0.4) is 0 Å². The molecule has 0 aliphatic heterocycles. The Balaban J connectivity index is -0.0000000383. The molecule has 0 fully saturated rings.